The maximum atomic E-state index is 13.0. The van der Waals surface area contributed by atoms with Crippen molar-refractivity contribution in [3.63, 3.8) is 0 Å². The van der Waals surface area contributed by atoms with Gasteiger partial charge in [-0.3, -0.25) is 9.59 Å². The third-order valence-corrected chi connectivity index (χ3v) is 7.39. The average molecular weight is 450 g/mol. The highest BCUT2D eigenvalue weighted by Crippen LogP contribution is 2.36. The van der Waals surface area contributed by atoms with Gasteiger partial charge in [0.15, 0.2) is 0 Å². The van der Waals surface area contributed by atoms with Crippen molar-refractivity contribution in [3.8, 4) is 0 Å². The highest BCUT2D eigenvalue weighted by Gasteiger charge is 2.42. The van der Waals surface area contributed by atoms with E-state index in [1.807, 2.05) is 17.0 Å². The Morgan fingerprint density at radius 2 is 1.64 bits per heavy atom. The predicted molar refractivity (Wildman–Crippen MR) is 124 cm³/mol. The number of aliphatic hydroxyl groups excluding tert-OH is 2. The number of rotatable bonds is 5. The molecule has 2 saturated heterocycles. The molecule has 0 spiro atoms. The maximum absolute atomic E-state index is 13.0. The molecule has 3 heterocycles. The summed E-state index contributed by atoms with van der Waals surface area (Å²) in [6.07, 6.45) is 2.88. The number of benzene rings is 2. The molecule has 3 aliphatic rings. The minimum absolute atomic E-state index is 0.0274. The van der Waals surface area contributed by atoms with E-state index in [2.05, 4.69) is 22.8 Å². The van der Waals surface area contributed by atoms with E-state index in [1.54, 1.807) is 24.3 Å². The standard InChI is InChI=1S/C26H31N3O4/c30-22-12-20-9-10-21(13-22)29(20)26(33)17-7-5-16(6-8-17)25(32)28-15-24(31)23-11-18-3-1-2-4-19(18)14-27-23/h1-8,20-24,27,30-31H,9-15H2,(H,28,32)/t20?,21?,22?,23-,24?/m0/s1. The molecule has 3 aliphatic heterocycles. The molecule has 33 heavy (non-hydrogen) atoms. The Kier molecular flexibility index (Phi) is 6.19. The Hall–Kier alpha value is -2.74. The molecule has 4 atom stereocenters. The number of carbonyl (C=O) groups excluding carboxylic acids is 2. The fraction of sp³-hybridized carbons (Fsp3) is 0.462. The minimum Gasteiger partial charge on any atom is -0.393 e. The van der Waals surface area contributed by atoms with Crippen molar-refractivity contribution < 1.29 is 19.8 Å². The summed E-state index contributed by atoms with van der Waals surface area (Å²) in [7, 11) is 0. The van der Waals surface area contributed by atoms with Crippen LogP contribution in [0.5, 0.6) is 0 Å². The summed E-state index contributed by atoms with van der Waals surface area (Å²) in [5.41, 5.74) is 3.49. The van der Waals surface area contributed by atoms with E-state index in [9.17, 15) is 19.8 Å². The van der Waals surface area contributed by atoms with Crippen molar-refractivity contribution in [3.05, 3.63) is 70.8 Å². The van der Waals surface area contributed by atoms with Crippen LogP contribution in [0.2, 0.25) is 0 Å². The van der Waals surface area contributed by atoms with Crippen LogP contribution in [0.1, 0.15) is 57.5 Å². The van der Waals surface area contributed by atoms with Crippen molar-refractivity contribution in [2.45, 2.75) is 69.0 Å². The Balaban J connectivity index is 1.15. The van der Waals surface area contributed by atoms with Gasteiger partial charge < -0.3 is 25.7 Å². The number of piperidine rings is 1. The molecule has 5 rings (SSSR count). The number of amides is 2. The molecule has 0 aliphatic carbocycles. The van der Waals surface area contributed by atoms with E-state index in [0.717, 1.165) is 19.3 Å². The van der Waals surface area contributed by atoms with Crippen LogP contribution in [-0.2, 0) is 13.0 Å². The molecule has 174 valence electrons. The SMILES string of the molecule is O=C(NCC(O)[C@@H]1Cc2ccccc2CN1)c1ccc(C(=O)N2C3CCC2CC(O)C3)cc1. The van der Waals surface area contributed by atoms with Crippen LogP contribution in [0.3, 0.4) is 0 Å². The van der Waals surface area contributed by atoms with Gasteiger partial charge in [0.05, 0.1) is 12.2 Å². The Morgan fingerprint density at radius 3 is 2.33 bits per heavy atom. The van der Waals surface area contributed by atoms with Gasteiger partial charge in [-0.25, -0.2) is 0 Å². The topological polar surface area (TPSA) is 102 Å². The third kappa shape index (κ3) is 4.53. The normalized spacial score (nSPS) is 27.0. The Morgan fingerprint density at radius 1 is 1.00 bits per heavy atom. The summed E-state index contributed by atoms with van der Waals surface area (Å²) in [4.78, 5) is 27.6. The molecule has 7 nitrogen and oxygen atoms in total. The molecule has 2 aromatic rings. The fourth-order valence-electron chi connectivity index (χ4n) is 5.59. The van der Waals surface area contributed by atoms with Gasteiger partial charge in [-0.15, -0.1) is 0 Å². The zero-order valence-corrected chi connectivity index (χ0v) is 18.6. The molecule has 0 radical (unpaired) electrons. The molecule has 0 saturated carbocycles. The Bertz CT molecular complexity index is 1010. The Labute approximate surface area is 193 Å². The fourth-order valence-corrected chi connectivity index (χ4v) is 5.59. The molecule has 7 heteroatoms. The van der Waals surface area contributed by atoms with E-state index in [0.29, 0.717) is 30.5 Å². The highest BCUT2D eigenvalue weighted by atomic mass is 16.3. The largest absolute Gasteiger partial charge is 0.393 e. The average Bonchev–Trinajstić information content (AvgIpc) is 3.12. The van der Waals surface area contributed by atoms with Gasteiger partial charge in [0.25, 0.3) is 11.8 Å². The van der Waals surface area contributed by atoms with Gasteiger partial charge in [0.2, 0.25) is 0 Å². The lowest BCUT2D eigenvalue weighted by molar-refractivity contribution is 0.0286. The number of nitrogens with zero attached hydrogens (tertiary/aromatic N) is 1. The lowest BCUT2D eigenvalue weighted by Crippen LogP contribution is -2.49. The first-order valence-electron chi connectivity index (χ1n) is 11.9. The van der Waals surface area contributed by atoms with Gasteiger partial charge in [0.1, 0.15) is 0 Å². The van der Waals surface area contributed by atoms with Gasteiger partial charge >= 0.3 is 0 Å². The zero-order valence-electron chi connectivity index (χ0n) is 18.6. The number of hydrogen-bond acceptors (Lipinski definition) is 5. The van der Waals surface area contributed by atoms with Crippen LogP contribution in [0.25, 0.3) is 0 Å². The second kappa shape index (κ2) is 9.25. The van der Waals surface area contributed by atoms with Crippen LogP contribution in [0.4, 0.5) is 0 Å². The lowest BCUT2D eigenvalue weighted by atomic mass is 9.93. The summed E-state index contributed by atoms with van der Waals surface area (Å²) in [6, 6.07) is 15.0. The van der Waals surface area contributed by atoms with Crippen molar-refractivity contribution in [2.75, 3.05) is 6.54 Å². The van der Waals surface area contributed by atoms with E-state index >= 15 is 0 Å². The molecule has 2 amide bonds. The molecule has 2 bridgehead atoms. The number of fused-ring (bicyclic) bond motifs is 3. The summed E-state index contributed by atoms with van der Waals surface area (Å²) in [6.45, 7) is 0.859. The van der Waals surface area contributed by atoms with Gasteiger partial charge in [-0.2, -0.15) is 0 Å². The van der Waals surface area contributed by atoms with E-state index in [4.69, 9.17) is 0 Å². The predicted octanol–water partition coefficient (Wildman–Crippen LogP) is 1.62. The molecule has 3 unspecified atom stereocenters. The molecular weight excluding hydrogens is 418 g/mol. The van der Waals surface area contributed by atoms with Gasteiger partial charge in [-0.1, -0.05) is 24.3 Å². The molecular formula is C26H31N3O4. The van der Waals surface area contributed by atoms with E-state index in [1.165, 1.54) is 11.1 Å². The van der Waals surface area contributed by atoms with Gasteiger partial charge in [-0.05, 0) is 67.5 Å². The number of aliphatic hydroxyl groups is 2. The van der Waals surface area contributed by atoms with Crippen LogP contribution in [0.15, 0.2) is 48.5 Å². The second-order valence-corrected chi connectivity index (χ2v) is 9.54. The van der Waals surface area contributed by atoms with Crippen LogP contribution in [-0.4, -0.2) is 63.8 Å². The summed E-state index contributed by atoms with van der Waals surface area (Å²) in [5, 5.41) is 26.7. The van der Waals surface area contributed by atoms with Crippen molar-refractivity contribution >= 4 is 11.8 Å². The number of hydrogen-bond donors (Lipinski definition) is 4. The molecule has 0 aromatic heterocycles. The first kappa shape index (κ1) is 22.1. The maximum Gasteiger partial charge on any atom is 0.254 e. The van der Waals surface area contributed by atoms with Crippen LogP contribution < -0.4 is 10.6 Å². The first-order chi connectivity index (χ1) is 16.0. The zero-order chi connectivity index (χ0) is 22.9. The second-order valence-electron chi connectivity index (χ2n) is 9.54. The first-order valence-corrected chi connectivity index (χ1v) is 11.9. The summed E-state index contributed by atoms with van der Waals surface area (Å²) < 4.78 is 0. The quantitative estimate of drug-likeness (QED) is 0.556. The van der Waals surface area contributed by atoms with Crippen molar-refractivity contribution in [2.24, 2.45) is 0 Å². The van der Waals surface area contributed by atoms with Crippen molar-refractivity contribution in [1.29, 1.82) is 0 Å². The lowest BCUT2D eigenvalue weighted by Gasteiger charge is -2.37. The smallest absolute Gasteiger partial charge is 0.254 e. The minimum atomic E-state index is -0.701. The summed E-state index contributed by atoms with van der Waals surface area (Å²) in [5.74, 6) is -0.300. The van der Waals surface area contributed by atoms with Crippen LogP contribution in [0, 0.1) is 0 Å². The molecule has 4 N–H and O–H groups in total. The van der Waals surface area contributed by atoms with E-state index < -0.39 is 6.10 Å². The number of nitrogens with one attached hydrogen (secondary N) is 2. The highest BCUT2D eigenvalue weighted by molar-refractivity contribution is 5.98. The molecule has 2 aromatic carbocycles. The van der Waals surface area contributed by atoms with Gasteiger partial charge in [0, 0.05) is 42.3 Å². The number of carbonyl (C=O) groups is 2. The van der Waals surface area contributed by atoms with Crippen molar-refractivity contribution in [1.82, 2.24) is 15.5 Å². The van der Waals surface area contributed by atoms with Crippen LogP contribution >= 0.6 is 0 Å². The monoisotopic (exact) mass is 449 g/mol. The third-order valence-electron chi connectivity index (χ3n) is 7.39. The van der Waals surface area contributed by atoms with E-state index in [-0.39, 0.29) is 42.6 Å². The summed E-state index contributed by atoms with van der Waals surface area (Å²) >= 11 is 0. The molecule has 2 fully saturated rings.